The average Bonchev–Trinajstić information content (AvgIpc) is 2.16. The Bertz CT molecular complexity index is 258. The largest absolute Gasteiger partial charge is 0.395 e. The quantitative estimate of drug-likeness (QED) is 0.730. The summed E-state index contributed by atoms with van der Waals surface area (Å²) in [6.45, 7) is 2.06. The van der Waals surface area contributed by atoms with Crippen molar-refractivity contribution in [2.24, 2.45) is 5.41 Å². The van der Waals surface area contributed by atoms with Crippen molar-refractivity contribution in [1.29, 1.82) is 0 Å². The summed E-state index contributed by atoms with van der Waals surface area (Å²) in [6.07, 6.45) is 4.97. The molecule has 1 saturated heterocycles. The van der Waals surface area contributed by atoms with Gasteiger partial charge < -0.3 is 15.3 Å². The summed E-state index contributed by atoms with van der Waals surface area (Å²) in [5.74, 6) is 0.0709. The predicted octanol–water partition coefficient (Wildman–Crippen LogP) is 0.359. The number of hydrogen-bond donors (Lipinski definition) is 2. The van der Waals surface area contributed by atoms with Gasteiger partial charge in [0.2, 0.25) is 5.91 Å². The van der Waals surface area contributed by atoms with E-state index in [1.54, 1.807) is 0 Å². The van der Waals surface area contributed by atoms with Gasteiger partial charge in [-0.05, 0) is 39.3 Å². The molecule has 1 heterocycles. The van der Waals surface area contributed by atoms with E-state index in [9.17, 15) is 9.90 Å². The van der Waals surface area contributed by atoms with Gasteiger partial charge in [0.25, 0.3) is 0 Å². The second-order valence-corrected chi connectivity index (χ2v) is 5.37. The van der Waals surface area contributed by atoms with Gasteiger partial charge in [0, 0.05) is 12.6 Å². The first kappa shape index (κ1) is 11.9. The lowest BCUT2D eigenvalue weighted by atomic mass is 9.68. The van der Waals surface area contributed by atoms with Crippen molar-refractivity contribution in [3.63, 3.8) is 0 Å². The monoisotopic (exact) mass is 226 g/mol. The van der Waals surface area contributed by atoms with Crippen molar-refractivity contribution >= 4 is 5.91 Å². The lowest BCUT2D eigenvalue weighted by Gasteiger charge is -2.40. The number of nitrogens with zero attached hydrogens (tertiary/aromatic N) is 1. The molecular weight excluding hydrogens is 204 g/mol. The molecule has 2 fully saturated rings. The number of amides is 1. The standard InChI is InChI=1S/C12H22N2O2/c1-14-7-2-4-10(8-14)13-11(16)12(9-15)5-3-6-12/h10,15H,2-9H2,1H3,(H,13,16). The van der Waals surface area contributed by atoms with Crippen molar-refractivity contribution in [2.75, 3.05) is 26.7 Å². The van der Waals surface area contributed by atoms with E-state index in [1.165, 1.54) is 0 Å². The minimum absolute atomic E-state index is 0.00138. The van der Waals surface area contributed by atoms with Gasteiger partial charge in [0.05, 0.1) is 12.0 Å². The maximum atomic E-state index is 12.1. The van der Waals surface area contributed by atoms with Gasteiger partial charge in [-0.15, -0.1) is 0 Å². The van der Waals surface area contributed by atoms with Crippen LogP contribution in [0.4, 0.5) is 0 Å². The second kappa shape index (κ2) is 4.72. The summed E-state index contributed by atoms with van der Waals surface area (Å²) in [6, 6.07) is 0.273. The SMILES string of the molecule is CN1CCCC(NC(=O)C2(CO)CCC2)C1. The first-order chi connectivity index (χ1) is 7.66. The van der Waals surface area contributed by atoms with Crippen molar-refractivity contribution in [3.8, 4) is 0 Å². The fraction of sp³-hybridized carbons (Fsp3) is 0.917. The maximum Gasteiger partial charge on any atom is 0.228 e. The number of nitrogens with one attached hydrogen (secondary N) is 1. The first-order valence-corrected chi connectivity index (χ1v) is 6.27. The van der Waals surface area contributed by atoms with E-state index >= 15 is 0 Å². The van der Waals surface area contributed by atoms with Crippen LogP contribution in [0.25, 0.3) is 0 Å². The van der Waals surface area contributed by atoms with Crippen molar-refractivity contribution in [2.45, 2.75) is 38.1 Å². The van der Waals surface area contributed by atoms with E-state index in [0.29, 0.717) is 0 Å². The van der Waals surface area contributed by atoms with Crippen LogP contribution >= 0.6 is 0 Å². The number of piperidine rings is 1. The fourth-order valence-corrected chi connectivity index (χ4v) is 2.68. The normalized spacial score (nSPS) is 29.5. The van der Waals surface area contributed by atoms with Crippen LogP contribution in [-0.4, -0.2) is 48.7 Å². The Hall–Kier alpha value is -0.610. The van der Waals surface area contributed by atoms with E-state index < -0.39 is 5.41 Å². The molecule has 0 bridgehead atoms. The molecule has 1 atom stereocenters. The molecule has 1 aliphatic heterocycles. The number of likely N-dealkylation sites (N-methyl/N-ethyl adjacent to an activating group) is 1. The van der Waals surface area contributed by atoms with Crippen molar-refractivity contribution in [1.82, 2.24) is 10.2 Å². The highest BCUT2D eigenvalue weighted by Gasteiger charge is 2.44. The molecule has 92 valence electrons. The van der Waals surface area contributed by atoms with Crippen molar-refractivity contribution in [3.05, 3.63) is 0 Å². The van der Waals surface area contributed by atoms with Crippen LogP contribution in [0.3, 0.4) is 0 Å². The van der Waals surface area contributed by atoms with Gasteiger partial charge in [0.15, 0.2) is 0 Å². The van der Waals surface area contributed by atoms with Gasteiger partial charge in [-0.25, -0.2) is 0 Å². The number of aliphatic hydroxyl groups is 1. The molecule has 0 spiro atoms. The molecular formula is C12H22N2O2. The molecule has 4 nitrogen and oxygen atoms in total. The molecule has 1 unspecified atom stereocenters. The number of carbonyl (C=O) groups excluding carboxylic acids is 1. The van der Waals surface area contributed by atoms with E-state index in [4.69, 9.17) is 0 Å². The smallest absolute Gasteiger partial charge is 0.228 e. The Morgan fingerprint density at radius 3 is 2.75 bits per heavy atom. The van der Waals surface area contributed by atoms with Crippen LogP contribution in [0.2, 0.25) is 0 Å². The predicted molar refractivity (Wildman–Crippen MR) is 62.0 cm³/mol. The van der Waals surface area contributed by atoms with E-state index in [-0.39, 0.29) is 18.6 Å². The van der Waals surface area contributed by atoms with Crippen LogP contribution in [0, 0.1) is 5.41 Å². The maximum absolute atomic E-state index is 12.1. The molecule has 0 aromatic carbocycles. The summed E-state index contributed by atoms with van der Waals surface area (Å²) in [4.78, 5) is 14.3. The summed E-state index contributed by atoms with van der Waals surface area (Å²) in [5, 5.41) is 12.4. The Morgan fingerprint density at radius 1 is 1.50 bits per heavy atom. The fourth-order valence-electron chi connectivity index (χ4n) is 2.68. The van der Waals surface area contributed by atoms with Gasteiger partial charge in [-0.1, -0.05) is 6.42 Å². The Balaban J connectivity index is 1.86. The zero-order valence-electron chi connectivity index (χ0n) is 10.0. The molecule has 0 aromatic rings. The van der Waals surface area contributed by atoms with Crippen LogP contribution in [0.1, 0.15) is 32.1 Å². The summed E-state index contributed by atoms with van der Waals surface area (Å²) < 4.78 is 0. The third kappa shape index (κ3) is 2.23. The summed E-state index contributed by atoms with van der Waals surface area (Å²) in [7, 11) is 2.09. The van der Waals surface area contributed by atoms with Crippen LogP contribution in [0.5, 0.6) is 0 Å². The third-order valence-corrected chi connectivity index (χ3v) is 4.05. The molecule has 1 aliphatic carbocycles. The Labute approximate surface area is 97.0 Å². The number of carbonyl (C=O) groups is 1. The molecule has 4 heteroatoms. The number of hydrogen-bond acceptors (Lipinski definition) is 3. The Kier molecular flexibility index (Phi) is 3.50. The molecule has 16 heavy (non-hydrogen) atoms. The zero-order chi connectivity index (χ0) is 11.6. The highest BCUT2D eigenvalue weighted by Crippen LogP contribution is 2.40. The molecule has 0 aromatic heterocycles. The van der Waals surface area contributed by atoms with E-state index in [0.717, 1.165) is 45.2 Å². The zero-order valence-corrected chi connectivity index (χ0v) is 10.0. The van der Waals surface area contributed by atoms with Crippen molar-refractivity contribution < 1.29 is 9.90 Å². The van der Waals surface area contributed by atoms with Crippen LogP contribution in [0.15, 0.2) is 0 Å². The van der Waals surface area contributed by atoms with E-state index in [1.807, 2.05) is 0 Å². The molecule has 2 rings (SSSR count). The van der Waals surface area contributed by atoms with Crippen LogP contribution in [-0.2, 0) is 4.79 Å². The summed E-state index contributed by atoms with van der Waals surface area (Å²) in [5.41, 5.74) is -0.448. The minimum Gasteiger partial charge on any atom is -0.395 e. The van der Waals surface area contributed by atoms with Gasteiger partial charge in [-0.3, -0.25) is 4.79 Å². The third-order valence-electron chi connectivity index (χ3n) is 4.05. The Morgan fingerprint density at radius 2 is 2.25 bits per heavy atom. The second-order valence-electron chi connectivity index (χ2n) is 5.37. The lowest BCUT2D eigenvalue weighted by molar-refractivity contribution is -0.140. The molecule has 1 amide bonds. The van der Waals surface area contributed by atoms with E-state index in [2.05, 4.69) is 17.3 Å². The highest BCUT2D eigenvalue weighted by molar-refractivity contribution is 5.83. The lowest BCUT2D eigenvalue weighted by Crippen LogP contribution is -2.54. The summed E-state index contributed by atoms with van der Waals surface area (Å²) >= 11 is 0. The van der Waals surface area contributed by atoms with Gasteiger partial charge in [-0.2, -0.15) is 0 Å². The number of rotatable bonds is 3. The highest BCUT2D eigenvalue weighted by atomic mass is 16.3. The van der Waals surface area contributed by atoms with Crippen LogP contribution < -0.4 is 5.32 Å². The van der Waals surface area contributed by atoms with Gasteiger partial charge >= 0.3 is 0 Å². The molecule has 0 radical (unpaired) electrons. The molecule has 2 aliphatic rings. The topological polar surface area (TPSA) is 52.6 Å². The molecule has 1 saturated carbocycles. The first-order valence-electron chi connectivity index (χ1n) is 6.27. The number of aliphatic hydroxyl groups excluding tert-OH is 1. The minimum atomic E-state index is -0.448. The molecule has 2 N–H and O–H groups in total. The van der Waals surface area contributed by atoms with Gasteiger partial charge in [0.1, 0.15) is 0 Å². The number of likely N-dealkylation sites (tertiary alicyclic amines) is 1. The average molecular weight is 226 g/mol.